The average molecular weight is 246 g/mol. The number of nitrogens with one attached hydrogen (secondary N) is 2. The predicted octanol–water partition coefficient (Wildman–Crippen LogP) is 0.0464. The highest BCUT2D eigenvalue weighted by Gasteiger charge is 2.09. The fraction of sp³-hybridized carbons (Fsp3) is 0.500. The van der Waals surface area contributed by atoms with Crippen LogP contribution in [-0.2, 0) is 0 Å². The summed E-state index contributed by atoms with van der Waals surface area (Å²) >= 11 is 0. The molecule has 1 aliphatic heterocycles. The molecule has 0 saturated carbocycles. The fourth-order valence-corrected chi connectivity index (χ4v) is 2.26. The highest BCUT2D eigenvalue weighted by Crippen LogP contribution is 2.11. The Morgan fingerprint density at radius 2 is 2.17 bits per heavy atom. The lowest BCUT2D eigenvalue weighted by molar-refractivity contribution is 0.249. The molecule has 1 aliphatic rings. The number of hydrogen-bond donors (Lipinski definition) is 2. The second kappa shape index (κ2) is 5.32. The summed E-state index contributed by atoms with van der Waals surface area (Å²) in [5.41, 5.74) is 1.03. The van der Waals surface area contributed by atoms with Crippen LogP contribution in [0.2, 0.25) is 0 Å². The van der Waals surface area contributed by atoms with Gasteiger partial charge in [-0.1, -0.05) is 0 Å². The van der Waals surface area contributed by atoms with E-state index in [2.05, 4.69) is 25.6 Å². The minimum Gasteiger partial charge on any atom is -0.367 e. The monoisotopic (exact) mass is 246 g/mol. The number of nitrogens with zero attached hydrogens (tertiary/aromatic N) is 4. The van der Waals surface area contributed by atoms with Gasteiger partial charge < -0.3 is 10.6 Å². The van der Waals surface area contributed by atoms with Crippen molar-refractivity contribution in [2.45, 2.75) is 0 Å². The first-order valence-electron chi connectivity index (χ1n) is 6.39. The number of hydrogen-bond acceptors (Lipinski definition) is 5. The molecule has 0 unspecified atom stereocenters. The van der Waals surface area contributed by atoms with Gasteiger partial charge in [0.2, 0.25) is 0 Å². The second-order valence-corrected chi connectivity index (χ2v) is 4.46. The van der Waals surface area contributed by atoms with E-state index in [-0.39, 0.29) is 0 Å². The van der Waals surface area contributed by atoms with Gasteiger partial charge in [-0.25, -0.2) is 9.50 Å². The molecule has 6 nitrogen and oxygen atoms in total. The minimum absolute atomic E-state index is 0.908. The maximum Gasteiger partial charge on any atom is 0.152 e. The number of aromatic nitrogens is 3. The molecule has 0 atom stereocenters. The van der Waals surface area contributed by atoms with Gasteiger partial charge in [0.05, 0.1) is 6.20 Å². The van der Waals surface area contributed by atoms with E-state index in [1.165, 1.54) is 0 Å². The Bertz CT molecular complexity index is 502. The molecule has 18 heavy (non-hydrogen) atoms. The molecule has 0 aliphatic carbocycles. The standard InChI is InChI=1S/C12H18N6/c1-2-16-18-10-6-15-12(11(1)18)14-5-9-17-7-3-13-4-8-17/h1-2,6,10,13H,3-5,7-9H2,(H,14,15). The molecular formula is C12H18N6. The van der Waals surface area contributed by atoms with E-state index < -0.39 is 0 Å². The molecule has 6 heteroatoms. The largest absolute Gasteiger partial charge is 0.367 e. The molecule has 2 aromatic heterocycles. The van der Waals surface area contributed by atoms with Crippen LogP contribution in [0.1, 0.15) is 0 Å². The summed E-state index contributed by atoms with van der Waals surface area (Å²) in [6, 6.07) is 1.97. The van der Waals surface area contributed by atoms with E-state index in [1.807, 2.05) is 16.8 Å². The Morgan fingerprint density at radius 3 is 3.06 bits per heavy atom. The van der Waals surface area contributed by atoms with Crippen LogP contribution in [-0.4, -0.2) is 58.8 Å². The molecule has 0 aromatic carbocycles. The minimum atomic E-state index is 0.908. The molecule has 2 aromatic rings. The first-order chi connectivity index (χ1) is 8.93. The van der Waals surface area contributed by atoms with E-state index in [0.29, 0.717) is 0 Å². The molecule has 0 amide bonds. The van der Waals surface area contributed by atoms with Crippen molar-refractivity contribution in [2.24, 2.45) is 0 Å². The van der Waals surface area contributed by atoms with E-state index in [1.54, 1.807) is 12.4 Å². The topological polar surface area (TPSA) is 57.5 Å². The van der Waals surface area contributed by atoms with Crippen LogP contribution in [0.5, 0.6) is 0 Å². The highest BCUT2D eigenvalue weighted by molar-refractivity contribution is 5.66. The summed E-state index contributed by atoms with van der Waals surface area (Å²) < 4.78 is 1.83. The Balaban J connectivity index is 1.57. The molecule has 0 bridgehead atoms. The second-order valence-electron chi connectivity index (χ2n) is 4.46. The Kier molecular flexibility index (Phi) is 3.38. The van der Waals surface area contributed by atoms with Gasteiger partial charge in [0.15, 0.2) is 5.82 Å². The van der Waals surface area contributed by atoms with Gasteiger partial charge >= 0.3 is 0 Å². The van der Waals surface area contributed by atoms with Gasteiger partial charge in [0.25, 0.3) is 0 Å². The maximum absolute atomic E-state index is 4.36. The number of rotatable bonds is 4. The normalized spacial score (nSPS) is 17.1. The van der Waals surface area contributed by atoms with Gasteiger partial charge in [-0.2, -0.15) is 5.10 Å². The maximum atomic E-state index is 4.36. The summed E-state index contributed by atoms with van der Waals surface area (Å²) in [7, 11) is 0. The Hall–Kier alpha value is -1.66. The van der Waals surface area contributed by atoms with Crippen LogP contribution >= 0.6 is 0 Å². The molecule has 0 radical (unpaired) electrons. The van der Waals surface area contributed by atoms with Gasteiger partial charge in [-0.3, -0.25) is 4.90 Å². The van der Waals surface area contributed by atoms with Crippen molar-refractivity contribution in [2.75, 3.05) is 44.6 Å². The third kappa shape index (κ3) is 2.44. The number of piperazine rings is 1. The molecule has 3 heterocycles. The predicted molar refractivity (Wildman–Crippen MR) is 70.8 cm³/mol. The van der Waals surface area contributed by atoms with Crippen LogP contribution in [0.25, 0.3) is 5.52 Å². The highest BCUT2D eigenvalue weighted by atomic mass is 15.2. The average Bonchev–Trinajstić information content (AvgIpc) is 2.89. The third-order valence-electron chi connectivity index (χ3n) is 3.25. The quantitative estimate of drug-likeness (QED) is 0.798. The summed E-state index contributed by atoms with van der Waals surface area (Å²) in [5, 5.41) is 10.9. The van der Waals surface area contributed by atoms with Crippen molar-refractivity contribution in [3.8, 4) is 0 Å². The zero-order chi connectivity index (χ0) is 12.2. The lowest BCUT2D eigenvalue weighted by Crippen LogP contribution is -2.45. The molecular weight excluding hydrogens is 228 g/mol. The number of anilines is 1. The zero-order valence-corrected chi connectivity index (χ0v) is 10.3. The summed E-state index contributed by atoms with van der Waals surface area (Å²) in [4.78, 5) is 6.82. The van der Waals surface area contributed by atoms with Crippen molar-refractivity contribution in [3.63, 3.8) is 0 Å². The van der Waals surface area contributed by atoms with Crippen LogP contribution in [0.4, 0.5) is 5.82 Å². The van der Waals surface area contributed by atoms with Crippen molar-refractivity contribution in [3.05, 3.63) is 24.7 Å². The smallest absolute Gasteiger partial charge is 0.152 e. The van der Waals surface area contributed by atoms with E-state index in [0.717, 1.165) is 50.6 Å². The lowest BCUT2D eigenvalue weighted by Gasteiger charge is -2.27. The fourth-order valence-electron chi connectivity index (χ4n) is 2.26. The van der Waals surface area contributed by atoms with Gasteiger partial charge in [0.1, 0.15) is 5.52 Å². The molecule has 0 spiro atoms. The van der Waals surface area contributed by atoms with Crippen molar-refractivity contribution < 1.29 is 0 Å². The number of fused-ring (bicyclic) bond motifs is 1. The van der Waals surface area contributed by atoms with Gasteiger partial charge in [-0.05, 0) is 6.07 Å². The van der Waals surface area contributed by atoms with Gasteiger partial charge in [0, 0.05) is 51.7 Å². The molecule has 2 N–H and O–H groups in total. The zero-order valence-electron chi connectivity index (χ0n) is 10.3. The Labute approximate surface area is 106 Å². The lowest BCUT2D eigenvalue weighted by atomic mass is 10.3. The SMILES string of the molecule is c1cn2nccc2c(NCCN2CCNCC2)n1. The molecule has 1 fully saturated rings. The van der Waals surface area contributed by atoms with Crippen molar-refractivity contribution in [1.29, 1.82) is 0 Å². The van der Waals surface area contributed by atoms with Crippen LogP contribution in [0.3, 0.4) is 0 Å². The first kappa shape index (κ1) is 11.4. The molecule has 1 saturated heterocycles. The van der Waals surface area contributed by atoms with E-state index in [4.69, 9.17) is 0 Å². The van der Waals surface area contributed by atoms with Crippen LogP contribution in [0.15, 0.2) is 24.7 Å². The molecule has 96 valence electrons. The van der Waals surface area contributed by atoms with E-state index >= 15 is 0 Å². The van der Waals surface area contributed by atoms with Crippen LogP contribution in [0, 0.1) is 0 Å². The third-order valence-corrected chi connectivity index (χ3v) is 3.25. The van der Waals surface area contributed by atoms with Gasteiger partial charge in [-0.15, -0.1) is 0 Å². The summed E-state index contributed by atoms with van der Waals surface area (Å²) in [6.07, 6.45) is 5.42. The summed E-state index contributed by atoms with van der Waals surface area (Å²) in [5.74, 6) is 0.908. The first-order valence-corrected chi connectivity index (χ1v) is 6.39. The van der Waals surface area contributed by atoms with Crippen molar-refractivity contribution >= 4 is 11.3 Å². The van der Waals surface area contributed by atoms with Crippen molar-refractivity contribution in [1.82, 2.24) is 24.8 Å². The summed E-state index contributed by atoms with van der Waals surface area (Å²) in [6.45, 7) is 6.42. The molecule has 3 rings (SSSR count). The van der Waals surface area contributed by atoms with Crippen LogP contribution < -0.4 is 10.6 Å². The van der Waals surface area contributed by atoms with E-state index in [9.17, 15) is 0 Å². The Morgan fingerprint density at radius 1 is 1.28 bits per heavy atom.